The molecule has 0 bridgehead atoms. The molecule has 25 heavy (non-hydrogen) atoms. The molecule has 0 atom stereocenters. The summed E-state index contributed by atoms with van der Waals surface area (Å²) in [5.41, 5.74) is 10.8. The Hall–Kier alpha value is -3.78. The van der Waals surface area contributed by atoms with Crippen LogP contribution in [0.25, 0.3) is 33.5 Å². The number of aromatic nitrogens is 3. The van der Waals surface area contributed by atoms with Crippen molar-refractivity contribution in [3.63, 3.8) is 0 Å². The van der Waals surface area contributed by atoms with Crippen molar-refractivity contribution in [1.29, 1.82) is 5.26 Å². The highest BCUT2D eigenvalue weighted by atomic mass is 15.0. The number of hydrogen-bond acceptors (Lipinski definition) is 5. The summed E-state index contributed by atoms with van der Waals surface area (Å²) in [7, 11) is 0. The second-order valence-electron chi connectivity index (χ2n) is 5.52. The summed E-state index contributed by atoms with van der Waals surface area (Å²) < 4.78 is 0. The van der Waals surface area contributed by atoms with Crippen LogP contribution in [-0.4, -0.2) is 15.0 Å². The Kier molecular flexibility index (Phi) is 3.56. The maximum atomic E-state index is 9.34. The van der Waals surface area contributed by atoms with E-state index in [0.717, 1.165) is 11.1 Å². The van der Waals surface area contributed by atoms with Gasteiger partial charge in [-0.1, -0.05) is 48.5 Å². The van der Waals surface area contributed by atoms with Crippen molar-refractivity contribution in [2.24, 2.45) is 0 Å². The molecule has 0 saturated carbocycles. The van der Waals surface area contributed by atoms with Gasteiger partial charge in [0.25, 0.3) is 0 Å². The molecule has 2 aromatic heterocycles. The lowest BCUT2D eigenvalue weighted by atomic mass is 10.0. The molecule has 5 nitrogen and oxygen atoms in total. The van der Waals surface area contributed by atoms with Crippen LogP contribution in [-0.2, 0) is 0 Å². The molecule has 0 fully saturated rings. The zero-order valence-corrected chi connectivity index (χ0v) is 13.2. The SMILES string of the molecule is N#Cc1ccccc1-c1ccc2nc(N)nc(-c3ccccc3)c2n1. The first-order valence-electron chi connectivity index (χ1n) is 7.75. The fourth-order valence-corrected chi connectivity index (χ4v) is 2.78. The summed E-state index contributed by atoms with van der Waals surface area (Å²) in [6, 6.07) is 23.0. The van der Waals surface area contributed by atoms with Crippen molar-refractivity contribution in [1.82, 2.24) is 15.0 Å². The first-order valence-corrected chi connectivity index (χ1v) is 7.75. The number of nitrogen functional groups attached to an aromatic ring is 1. The lowest BCUT2D eigenvalue weighted by Crippen LogP contribution is -2.00. The third-order valence-corrected chi connectivity index (χ3v) is 3.93. The van der Waals surface area contributed by atoms with Gasteiger partial charge in [-0.2, -0.15) is 5.26 Å². The number of hydrogen-bond donors (Lipinski definition) is 1. The molecule has 2 heterocycles. The predicted octanol–water partition coefficient (Wildman–Crippen LogP) is 3.81. The molecule has 0 aliphatic heterocycles. The first kappa shape index (κ1) is 14.8. The van der Waals surface area contributed by atoms with Crippen molar-refractivity contribution in [3.05, 3.63) is 72.3 Å². The molecule has 0 unspecified atom stereocenters. The monoisotopic (exact) mass is 323 g/mol. The quantitative estimate of drug-likeness (QED) is 0.606. The number of anilines is 1. The van der Waals surface area contributed by atoms with E-state index < -0.39 is 0 Å². The minimum Gasteiger partial charge on any atom is -0.368 e. The average molecular weight is 323 g/mol. The van der Waals surface area contributed by atoms with E-state index in [4.69, 9.17) is 10.7 Å². The molecule has 0 spiro atoms. The second-order valence-corrected chi connectivity index (χ2v) is 5.52. The van der Waals surface area contributed by atoms with Crippen molar-refractivity contribution in [2.75, 3.05) is 5.73 Å². The largest absolute Gasteiger partial charge is 0.368 e. The molecule has 0 aliphatic carbocycles. The minimum atomic E-state index is 0.207. The smallest absolute Gasteiger partial charge is 0.221 e. The predicted molar refractivity (Wildman–Crippen MR) is 97.3 cm³/mol. The Labute approximate surface area is 144 Å². The van der Waals surface area contributed by atoms with E-state index in [0.29, 0.717) is 28.0 Å². The molecule has 0 radical (unpaired) electrons. The van der Waals surface area contributed by atoms with Crippen molar-refractivity contribution in [3.8, 4) is 28.6 Å². The highest BCUT2D eigenvalue weighted by molar-refractivity contribution is 5.91. The van der Waals surface area contributed by atoms with Gasteiger partial charge in [-0.05, 0) is 18.2 Å². The Balaban J connectivity index is 2.00. The molecule has 4 aromatic rings. The van der Waals surface area contributed by atoms with Crippen LogP contribution in [0.15, 0.2) is 66.7 Å². The third-order valence-electron chi connectivity index (χ3n) is 3.93. The molecule has 5 heteroatoms. The van der Waals surface area contributed by atoms with Crippen LogP contribution < -0.4 is 5.73 Å². The highest BCUT2D eigenvalue weighted by Gasteiger charge is 2.13. The van der Waals surface area contributed by atoms with Gasteiger partial charge in [0.15, 0.2) is 0 Å². The number of nitrogens with zero attached hydrogens (tertiary/aromatic N) is 4. The van der Waals surface area contributed by atoms with Gasteiger partial charge in [0.05, 0.1) is 22.8 Å². The molecule has 2 N–H and O–H groups in total. The topological polar surface area (TPSA) is 88.5 Å². The molecule has 4 rings (SSSR count). The molecule has 0 saturated heterocycles. The number of rotatable bonds is 2. The van der Waals surface area contributed by atoms with Crippen molar-refractivity contribution < 1.29 is 0 Å². The fraction of sp³-hybridized carbons (Fsp3) is 0. The summed E-state index contributed by atoms with van der Waals surface area (Å²) in [6.07, 6.45) is 0. The van der Waals surface area contributed by atoms with E-state index in [1.165, 1.54) is 0 Å². The lowest BCUT2D eigenvalue weighted by molar-refractivity contribution is 1.21. The van der Waals surface area contributed by atoms with Crippen LogP contribution in [0.2, 0.25) is 0 Å². The normalized spacial score (nSPS) is 10.5. The van der Waals surface area contributed by atoms with Crippen LogP contribution >= 0.6 is 0 Å². The molecule has 0 amide bonds. The summed E-state index contributed by atoms with van der Waals surface area (Å²) in [5.74, 6) is 0.207. The average Bonchev–Trinajstić information content (AvgIpc) is 2.67. The van der Waals surface area contributed by atoms with E-state index in [1.807, 2.05) is 60.7 Å². The third kappa shape index (κ3) is 2.66. The number of pyridine rings is 1. The first-order chi connectivity index (χ1) is 12.3. The Morgan fingerprint density at radius 2 is 1.56 bits per heavy atom. The van der Waals surface area contributed by atoms with Crippen LogP contribution in [0.4, 0.5) is 5.95 Å². The summed E-state index contributed by atoms with van der Waals surface area (Å²) in [6.45, 7) is 0. The van der Waals surface area contributed by atoms with Crippen molar-refractivity contribution in [2.45, 2.75) is 0 Å². The van der Waals surface area contributed by atoms with E-state index in [-0.39, 0.29) is 5.95 Å². The van der Waals surface area contributed by atoms with Gasteiger partial charge in [0, 0.05) is 11.1 Å². The fourth-order valence-electron chi connectivity index (χ4n) is 2.78. The highest BCUT2D eigenvalue weighted by Crippen LogP contribution is 2.29. The lowest BCUT2D eigenvalue weighted by Gasteiger charge is -2.09. The zero-order valence-electron chi connectivity index (χ0n) is 13.2. The van der Waals surface area contributed by atoms with Gasteiger partial charge in [-0.25, -0.2) is 15.0 Å². The molecular formula is C20H13N5. The molecule has 2 aromatic carbocycles. The van der Waals surface area contributed by atoms with E-state index >= 15 is 0 Å². The Bertz CT molecular complexity index is 1110. The molecule has 118 valence electrons. The van der Waals surface area contributed by atoms with E-state index in [2.05, 4.69) is 16.0 Å². The maximum absolute atomic E-state index is 9.34. The van der Waals surface area contributed by atoms with Crippen LogP contribution in [0, 0.1) is 11.3 Å². The van der Waals surface area contributed by atoms with Gasteiger partial charge in [0.1, 0.15) is 11.2 Å². The van der Waals surface area contributed by atoms with Crippen LogP contribution in [0.1, 0.15) is 5.56 Å². The summed E-state index contributed by atoms with van der Waals surface area (Å²) >= 11 is 0. The second kappa shape index (κ2) is 6.02. The Morgan fingerprint density at radius 1 is 0.800 bits per heavy atom. The van der Waals surface area contributed by atoms with Crippen molar-refractivity contribution >= 4 is 17.0 Å². The standard InChI is InChI=1S/C20H13N5/c21-12-14-8-4-5-9-15(14)16-10-11-17-19(23-16)18(25-20(22)24-17)13-6-2-1-3-7-13/h1-11H,(H2,22,24,25). The van der Waals surface area contributed by atoms with E-state index in [9.17, 15) is 5.26 Å². The Morgan fingerprint density at radius 3 is 2.36 bits per heavy atom. The molecule has 0 aliphatic rings. The summed E-state index contributed by atoms with van der Waals surface area (Å²) in [4.78, 5) is 13.4. The number of nitrogens with two attached hydrogens (primary N) is 1. The molecular weight excluding hydrogens is 310 g/mol. The van der Waals surface area contributed by atoms with E-state index in [1.54, 1.807) is 6.07 Å². The van der Waals surface area contributed by atoms with Crippen LogP contribution in [0.5, 0.6) is 0 Å². The van der Waals surface area contributed by atoms with Crippen LogP contribution in [0.3, 0.4) is 0 Å². The van der Waals surface area contributed by atoms with Gasteiger partial charge in [-0.3, -0.25) is 0 Å². The number of benzene rings is 2. The maximum Gasteiger partial charge on any atom is 0.221 e. The van der Waals surface area contributed by atoms with Gasteiger partial charge >= 0.3 is 0 Å². The minimum absolute atomic E-state index is 0.207. The summed E-state index contributed by atoms with van der Waals surface area (Å²) in [5, 5.41) is 9.34. The number of nitriles is 1. The van der Waals surface area contributed by atoms with Gasteiger partial charge in [0.2, 0.25) is 5.95 Å². The zero-order chi connectivity index (χ0) is 17.2. The number of fused-ring (bicyclic) bond motifs is 1. The van der Waals surface area contributed by atoms with Gasteiger partial charge in [-0.15, -0.1) is 0 Å². The van der Waals surface area contributed by atoms with Gasteiger partial charge < -0.3 is 5.73 Å².